The zero-order valence-electron chi connectivity index (χ0n) is 9.05. The van der Waals surface area contributed by atoms with Crippen molar-refractivity contribution in [2.75, 3.05) is 0 Å². The van der Waals surface area contributed by atoms with E-state index < -0.39 is 0 Å². The molecule has 4 rings (SSSR count). The van der Waals surface area contributed by atoms with E-state index in [1.54, 1.807) is 11.3 Å². The van der Waals surface area contributed by atoms with E-state index in [2.05, 4.69) is 47.4 Å². The van der Waals surface area contributed by atoms with Gasteiger partial charge in [0.05, 0.1) is 0 Å². The highest BCUT2D eigenvalue weighted by Crippen LogP contribution is 2.36. The van der Waals surface area contributed by atoms with E-state index in [1.165, 1.54) is 26.2 Å². The average Bonchev–Trinajstić information content (AvgIpc) is 2.78. The third kappa shape index (κ3) is 1.22. The molecule has 2 aromatic carbocycles. The predicted molar refractivity (Wildman–Crippen MR) is 74.6 cm³/mol. The minimum absolute atomic E-state index is 1.12. The number of hydrogen-bond acceptors (Lipinski definition) is 2. The van der Waals surface area contributed by atoms with Crippen LogP contribution < -0.4 is 0 Å². The van der Waals surface area contributed by atoms with Gasteiger partial charge in [-0.05, 0) is 22.9 Å². The molecular formula is C15H9NS. The van der Waals surface area contributed by atoms with Crippen molar-refractivity contribution < 1.29 is 0 Å². The van der Waals surface area contributed by atoms with Gasteiger partial charge in [-0.25, -0.2) is 4.98 Å². The van der Waals surface area contributed by atoms with Crippen LogP contribution in [0.25, 0.3) is 31.1 Å². The lowest BCUT2D eigenvalue weighted by molar-refractivity contribution is 1.45. The maximum atomic E-state index is 4.44. The van der Waals surface area contributed by atoms with E-state index in [0.29, 0.717) is 0 Å². The molecule has 17 heavy (non-hydrogen) atoms. The standard InChI is InChI=1S/C15H9NS/c1-2-5-11-10(4-1)7-8-12-13-6-3-9-16-15(13)17-14(11)12/h1-9H. The van der Waals surface area contributed by atoms with Crippen LogP contribution in [0.5, 0.6) is 0 Å². The second-order valence-electron chi connectivity index (χ2n) is 4.12. The van der Waals surface area contributed by atoms with Crippen molar-refractivity contribution in [2.45, 2.75) is 0 Å². The van der Waals surface area contributed by atoms with E-state index in [1.807, 2.05) is 12.3 Å². The Morgan fingerprint density at radius 2 is 1.65 bits per heavy atom. The number of rotatable bonds is 0. The van der Waals surface area contributed by atoms with Gasteiger partial charge in [0.25, 0.3) is 0 Å². The lowest BCUT2D eigenvalue weighted by Gasteiger charge is -1.98. The van der Waals surface area contributed by atoms with Crippen LogP contribution in [0.2, 0.25) is 0 Å². The van der Waals surface area contributed by atoms with Gasteiger partial charge in [0.1, 0.15) is 4.83 Å². The molecule has 0 radical (unpaired) electrons. The molecule has 2 aromatic heterocycles. The highest BCUT2D eigenvalue weighted by molar-refractivity contribution is 7.26. The number of benzene rings is 2. The molecule has 0 bridgehead atoms. The van der Waals surface area contributed by atoms with Crippen LogP contribution in [0.4, 0.5) is 0 Å². The molecule has 4 aromatic rings. The van der Waals surface area contributed by atoms with Crippen LogP contribution in [0.15, 0.2) is 54.7 Å². The summed E-state index contributed by atoms with van der Waals surface area (Å²) in [5, 5.41) is 5.20. The lowest BCUT2D eigenvalue weighted by Crippen LogP contribution is -1.72. The van der Waals surface area contributed by atoms with Gasteiger partial charge in [0.2, 0.25) is 0 Å². The molecule has 0 aliphatic carbocycles. The molecule has 2 heteroatoms. The fourth-order valence-electron chi connectivity index (χ4n) is 2.34. The van der Waals surface area contributed by atoms with Gasteiger partial charge in [-0.15, -0.1) is 11.3 Å². The zero-order valence-corrected chi connectivity index (χ0v) is 9.87. The van der Waals surface area contributed by atoms with Crippen molar-refractivity contribution in [2.24, 2.45) is 0 Å². The fourth-order valence-corrected chi connectivity index (χ4v) is 3.52. The Balaban J connectivity index is 2.34. The average molecular weight is 235 g/mol. The summed E-state index contributed by atoms with van der Waals surface area (Å²) < 4.78 is 1.34. The Hall–Kier alpha value is -1.93. The smallest absolute Gasteiger partial charge is 0.124 e. The number of thiophene rings is 1. The van der Waals surface area contributed by atoms with Gasteiger partial charge < -0.3 is 0 Å². The summed E-state index contributed by atoms with van der Waals surface area (Å²) in [5.41, 5.74) is 0. The monoisotopic (exact) mass is 235 g/mol. The molecule has 0 unspecified atom stereocenters. The maximum absolute atomic E-state index is 4.44. The van der Waals surface area contributed by atoms with Gasteiger partial charge in [0, 0.05) is 21.7 Å². The Morgan fingerprint density at radius 1 is 0.765 bits per heavy atom. The van der Waals surface area contributed by atoms with Crippen molar-refractivity contribution in [1.29, 1.82) is 0 Å². The normalized spacial score (nSPS) is 11.5. The molecule has 0 amide bonds. The van der Waals surface area contributed by atoms with Gasteiger partial charge in [-0.2, -0.15) is 0 Å². The zero-order chi connectivity index (χ0) is 11.2. The van der Waals surface area contributed by atoms with E-state index in [-0.39, 0.29) is 0 Å². The van der Waals surface area contributed by atoms with Crippen molar-refractivity contribution in [3.05, 3.63) is 54.7 Å². The largest absolute Gasteiger partial charge is 0.245 e. The first-order chi connectivity index (χ1) is 8.43. The van der Waals surface area contributed by atoms with Crippen LogP contribution in [-0.2, 0) is 0 Å². The first-order valence-corrected chi connectivity index (χ1v) is 6.40. The van der Waals surface area contributed by atoms with E-state index >= 15 is 0 Å². The van der Waals surface area contributed by atoms with Gasteiger partial charge in [-0.3, -0.25) is 0 Å². The van der Waals surface area contributed by atoms with Crippen molar-refractivity contribution in [3.63, 3.8) is 0 Å². The Labute approximate surface area is 102 Å². The summed E-state index contributed by atoms with van der Waals surface area (Å²) >= 11 is 1.78. The topological polar surface area (TPSA) is 12.9 Å². The van der Waals surface area contributed by atoms with Gasteiger partial charge >= 0.3 is 0 Å². The van der Waals surface area contributed by atoms with Crippen LogP contribution in [0.1, 0.15) is 0 Å². The first kappa shape index (κ1) is 9.14. The van der Waals surface area contributed by atoms with Crippen molar-refractivity contribution in [3.8, 4) is 0 Å². The molecule has 1 nitrogen and oxygen atoms in total. The summed E-state index contributed by atoms with van der Waals surface area (Å²) in [4.78, 5) is 5.57. The highest BCUT2D eigenvalue weighted by atomic mass is 32.1. The number of hydrogen-bond donors (Lipinski definition) is 0. The third-order valence-corrected chi connectivity index (χ3v) is 4.30. The second kappa shape index (κ2) is 3.28. The molecule has 2 heterocycles. The molecule has 0 atom stereocenters. The maximum Gasteiger partial charge on any atom is 0.124 e. The minimum atomic E-state index is 1.12. The van der Waals surface area contributed by atoms with Gasteiger partial charge in [-0.1, -0.05) is 36.4 Å². The quantitative estimate of drug-likeness (QED) is 0.434. The fraction of sp³-hybridized carbons (Fsp3) is 0. The summed E-state index contributed by atoms with van der Waals surface area (Å²) in [6.45, 7) is 0. The number of pyridine rings is 1. The van der Waals surface area contributed by atoms with Gasteiger partial charge in [0.15, 0.2) is 0 Å². The van der Waals surface area contributed by atoms with Crippen molar-refractivity contribution >= 4 is 42.4 Å². The molecule has 0 spiro atoms. The van der Waals surface area contributed by atoms with E-state index in [0.717, 1.165) is 4.83 Å². The van der Waals surface area contributed by atoms with Crippen LogP contribution in [-0.4, -0.2) is 4.98 Å². The third-order valence-electron chi connectivity index (χ3n) is 3.14. The number of nitrogens with zero attached hydrogens (tertiary/aromatic N) is 1. The SMILES string of the molecule is c1ccc2c(c1)ccc1c3cccnc3sc21. The summed E-state index contributed by atoms with van der Waals surface area (Å²) in [7, 11) is 0. The molecule has 0 aliphatic rings. The highest BCUT2D eigenvalue weighted by Gasteiger charge is 2.07. The number of aromatic nitrogens is 1. The molecule has 0 N–H and O–H groups in total. The molecule has 0 aliphatic heterocycles. The molecule has 0 saturated heterocycles. The predicted octanol–water partition coefficient (Wildman–Crippen LogP) is 4.60. The van der Waals surface area contributed by atoms with Crippen molar-refractivity contribution in [1.82, 2.24) is 4.98 Å². The molecule has 0 saturated carbocycles. The van der Waals surface area contributed by atoms with Crippen LogP contribution in [0.3, 0.4) is 0 Å². The Kier molecular flexibility index (Phi) is 1.76. The molecule has 0 fully saturated rings. The second-order valence-corrected chi connectivity index (χ2v) is 5.12. The minimum Gasteiger partial charge on any atom is -0.245 e. The number of fused-ring (bicyclic) bond motifs is 5. The Bertz CT molecular complexity index is 845. The van der Waals surface area contributed by atoms with Crippen LogP contribution in [0, 0.1) is 0 Å². The lowest BCUT2D eigenvalue weighted by atomic mass is 10.1. The first-order valence-electron chi connectivity index (χ1n) is 5.58. The summed E-state index contributed by atoms with van der Waals surface area (Å²) in [6, 6.07) is 17.1. The summed E-state index contributed by atoms with van der Waals surface area (Å²) in [5.74, 6) is 0. The van der Waals surface area contributed by atoms with E-state index in [9.17, 15) is 0 Å². The molecular weight excluding hydrogens is 226 g/mol. The summed E-state index contributed by atoms with van der Waals surface area (Å²) in [6.07, 6.45) is 1.86. The molecule has 80 valence electrons. The Morgan fingerprint density at radius 3 is 2.65 bits per heavy atom. The van der Waals surface area contributed by atoms with E-state index in [4.69, 9.17) is 0 Å². The van der Waals surface area contributed by atoms with Crippen LogP contribution >= 0.6 is 11.3 Å².